The zero-order valence-electron chi connectivity index (χ0n) is 8.44. The first-order chi connectivity index (χ1) is 8.00. The van der Waals surface area contributed by atoms with Gasteiger partial charge in [-0.25, -0.2) is 4.68 Å². The van der Waals surface area contributed by atoms with E-state index in [4.69, 9.17) is 5.26 Å². The summed E-state index contributed by atoms with van der Waals surface area (Å²) in [6, 6.07) is 8.99. The Morgan fingerprint density at radius 1 is 1.24 bits per heavy atom. The third-order valence-electron chi connectivity index (χ3n) is 2.12. The third kappa shape index (κ3) is 2.28. The van der Waals surface area contributed by atoms with Gasteiger partial charge in [0.2, 0.25) is 0 Å². The second-order valence-electron chi connectivity index (χ2n) is 3.31. The number of hydrogen-bond donors (Lipinski definition) is 0. The van der Waals surface area contributed by atoms with Gasteiger partial charge in [0.25, 0.3) is 0 Å². The highest BCUT2D eigenvalue weighted by Gasteiger charge is 2.33. The molecule has 1 aromatic heterocycles. The van der Waals surface area contributed by atoms with Crippen molar-refractivity contribution in [1.29, 1.82) is 5.26 Å². The van der Waals surface area contributed by atoms with Gasteiger partial charge in [-0.05, 0) is 24.3 Å². The summed E-state index contributed by atoms with van der Waals surface area (Å²) in [6.07, 6.45) is -3.25. The van der Waals surface area contributed by atoms with Crippen molar-refractivity contribution in [3.8, 4) is 11.8 Å². The van der Waals surface area contributed by atoms with Gasteiger partial charge in [0.15, 0.2) is 5.69 Å². The average Bonchev–Trinajstić information content (AvgIpc) is 2.78. The quantitative estimate of drug-likeness (QED) is 0.765. The summed E-state index contributed by atoms with van der Waals surface area (Å²) < 4.78 is 38.1. The Kier molecular flexibility index (Phi) is 2.60. The molecule has 2 aromatic rings. The van der Waals surface area contributed by atoms with E-state index in [-0.39, 0.29) is 0 Å². The van der Waals surface area contributed by atoms with E-state index in [1.165, 1.54) is 12.3 Å². The molecule has 0 atom stereocenters. The summed E-state index contributed by atoms with van der Waals surface area (Å²) in [5.41, 5.74) is -0.175. The van der Waals surface area contributed by atoms with Crippen molar-refractivity contribution in [2.24, 2.45) is 0 Å². The van der Waals surface area contributed by atoms with Gasteiger partial charge in [-0.1, -0.05) is 6.07 Å². The minimum Gasteiger partial charge on any atom is -0.240 e. The lowest BCUT2D eigenvalue weighted by Gasteiger charge is -2.03. The number of aromatic nitrogens is 2. The van der Waals surface area contributed by atoms with E-state index in [0.29, 0.717) is 11.3 Å². The number of alkyl halides is 3. The molecular formula is C11H6F3N3. The van der Waals surface area contributed by atoms with Crippen LogP contribution in [-0.2, 0) is 6.18 Å². The Bertz CT molecular complexity index is 578. The van der Waals surface area contributed by atoms with Crippen LogP contribution in [0.1, 0.15) is 11.3 Å². The lowest BCUT2D eigenvalue weighted by atomic mass is 10.2. The molecular weight excluding hydrogens is 231 g/mol. The zero-order chi connectivity index (χ0) is 12.5. The van der Waals surface area contributed by atoms with Gasteiger partial charge >= 0.3 is 6.18 Å². The smallest absolute Gasteiger partial charge is 0.240 e. The second kappa shape index (κ2) is 3.94. The molecule has 6 heteroatoms. The summed E-state index contributed by atoms with van der Waals surface area (Å²) in [4.78, 5) is 0. The molecule has 0 amide bonds. The van der Waals surface area contributed by atoms with Gasteiger partial charge in [0, 0.05) is 6.20 Å². The maximum absolute atomic E-state index is 12.3. The van der Waals surface area contributed by atoms with Crippen LogP contribution in [0, 0.1) is 11.3 Å². The molecule has 0 N–H and O–H groups in total. The molecule has 0 aliphatic rings. The molecule has 0 unspecified atom stereocenters. The van der Waals surface area contributed by atoms with E-state index in [1.54, 1.807) is 18.2 Å². The fraction of sp³-hybridized carbons (Fsp3) is 0.0909. The van der Waals surface area contributed by atoms with Crippen LogP contribution in [0.2, 0.25) is 0 Å². The van der Waals surface area contributed by atoms with Gasteiger partial charge in [0.05, 0.1) is 17.3 Å². The van der Waals surface area contributed by atoms with Gasteiger partial charge in [-0.3, -0.25) is 0 Å². The minimum atomic E-state index is -4.46. The molecule has 1 aromatic carbocycles. The van der Waals surface area contributed by atoms with Crippen LogP contribution in [0.4, 0.5) is 13.2 Å². The summed E-state index contributed by atoms with van der Waals surface area (Å²) in [5.74, 6) is 0. The number of hydrogen-bond acceptors (Lipinski definition) is 2. The standard InChI is InChI=1S/C11H6F3N3/c12-11(13,14)10-4-5-17(16-10)9-3-1-2-8(6-9)7-15/h1-6H. The molecule has 17 heavy (non-hydrogen) atoms. The number of rotatable bonds is 1. The van der Waals surface area contributed by atoms with E-state index >= 15 is 0 Å². The van der Waals surface area contributed by atoms with Gasteiger partial charge in [-0.2, -0.15) is 23.5 Å². The number of benzene rings is 1. The molecule has 0 aliphatic heterocycles. The van der Waals surface area contributed by atoms with Crippen LogP contribution in [0.5, 0.6) is 0 Å². The number of nitriles is 1. The molecule has 86 valence electrons. The monoisotopic (exact) mass is 237 g/mol. The van der Waals surface area contributed by atoms with Crippen molar-refractivity contribution >= 4 is 0 Å². The molecule has 0 aliphatic carbocycles. The Balaban J connectivity index is 2.41. The molecule has 0 fully saturated rings. The van der Waals surface area contributed by atoms with E-state index in [0.717, 1.165) is 10.7 Å². The highest BCUT2D eigenvalue weighted by Crippen LogP contribution is 2.27. The first-order valence-corrected chi connectivity index (χ1v) is 4.64. The summed E-state index contributed by atoms with van der Waals surface area (Å²) in [5, 5.41) is 12.1. The molecule has 0 saturated carbocycles. The lowest BCUT2D eigenvalue weighted by molar-refractivity contribution is -0.141. The van der Waals surface area contributed by atoms with Crippen molar-refractivity contribution in [2.45, 2.75) is 6.18 Å². The van der Waals surface area contributed by atoms with Crippen molar-refractivity contribution in [3.63, 3.8) is 0 Å². The van der Waals surface area contributed by atoms with Crippen LogP contribution in [0.25, 0.3) is 5.69 Å². The minimum absolute atomic E-state index is 0.367. The lowest BCUT2D eigenvalue weighted by Crippen LogP contribution is -2.07. The Labute approximate surface area is 94.7 Å². The van der Waals surface area contributed by atoms with E-state index in [2.05, 4.69) is 5.10 Å². The van der Waals surface area contributed by atoms with Crippen molar-refractivity contribution in [1.82, 2.24) is 9.78 Å². The van der Waals surface area contributed by atoms with E-state index in [1.807, 2.05) is 6.07 Å². The number of halogens is 3. The highest BCUT2D eigenvalue weighted by molar-refractivity contribution is 5.40. The Hall–Kier alpha value is -2.29. The zero-order valence-corrected chi connectivity index (χ0v) is 8.44. The van der Waals surface area contributed by atoms with Crippen LogP contribution < -0.4 is 0 Å². The molecule has 1 heterocycles. The molecule has 0 spiro atoms. The Morgan fingerprint density at radius 3 is 2.59 bits per heavy atom. The SMILES string of the molecule is N#Cc1cccc(-n2ccc(C(F)(F)F)n2)c1. The van der Waals surface area contributed by atoms with Gasteiger partial charge < -0.3 is 0 Å². The molecule has 0 radical (unpaired) electrons. The van der Waals surface area contributed by atoms with Crippen molar-refractivity contribution in [3.05, 3.63) is 47.8 Å². The number of nitrogens with zero attached hydrogens (tertiary/aromatic N) is 3. The highest BCUT2D eigenvalue weighted by atomic mass is 19.4. The molecule has 3 nitrogen and oxygen atoms in total. The second-order valence-corrected chi connectivity index (χ2v) is 3.31. The van der Waals surface area contributed by atoms with E-state index in [9.17, 15) is 13.2 Å². The topological polar surface area (TPSA) is 41.6 Å². The molecule has 2 rings (SSSR count). The van der Waals surface area contributed by atoms with Crippen LogP contribution in [0.3, 0.4) is 0 Å². The first kappa shape index (κ1) is 11.2. The third-order valence-corrected chi connectivity index (χ3v) is 2.12. The van der Waals surface area contributed by atoms with Gasteiger partial charge in [-0.15, -0.1) is 0 Å². The van der Waals surface area contributed by atoms with Crippen LogP contribution in [-0.4, -0.2) is 9.78 Å². The van der Waals surface area contributed by atoms with Crippen molar-refractivity contribution < 1.29 is 13.2 Å². The normalized spacial score (nSPS) is 11.2. The maximum Gasteiger partial charge on any atom is 0.435 e. The maximum atomic E-state index is 12.3. The summed E-state index contributed by atoms with van der Waals surface area (Å²) >= 11 is 0. The van der Waals surface area contributed by atoms with Crippen LogP contribution >= 0.6 is 0 Å². The predicted octanol–water partition coefficient (Wildman–Crippen LogP) is 2.76. The Morgan fingerprint density at radius 2 is 2.00 bits per heavy atom. The van der Waals surface area contributed by atoms with Crippen LogP contribution in [0.15, 0.2) is 36.5 Å². The fourth-order valence-electron chi connectivity index (χ4n) is 1.34. The van der Waals surface area contributed by atoms with E-state index < -0.39 is 11.9 Å². The summed E-state index contributed by atoms with van der Waals surface area (Å²) in [6.45, 7) is 0. The molecule has 0 bridgehead atoms. The van der Waals surface area contributed by atoms with Gasteiger partial charge in [0.1, 0.15) is 0 Å². The largest absolute Gasteiger partial charge is 0.435 e. The molecule has 0 saturated heterocycles. The van der Waals surface area contributed by atoms with Crippen molar-refractivity contribution in [2.75, 3.05) is 0 Å². The predicted molar refractivity (Wildman–Crippen MR) is 53.3 cm³/mol. The first-order valence-electron chi connectivity index (χ1n) is 4.64. The average molecular weight is 237 g/mol. The fourth-order valence-corrected chi connectivity index (χ4v) is 1.34. The summed E-state index contributed by atoms with van der Waals surface area (Å²) in [7, 11) is 0.